The number of carbonyl (C=O) groups excluding carboxylic acids is 1. The summed E-state index contributed by atoms with van der Waals surface area (Å²) in [5.41, 5.74) is 2.44. The van der Waals surface area contributed by atoms with E-state index in [1.54, 1.807) is 49.4 Å². The van der Waals surface area contributed by atoms with E-state index in [1.807, 2.05) is 4.90 Å². The third-order valence-electron chi connectivity index (χ3n) is 5.71. The minimum Gasteiger partial charge on any atom is -0.421 e. The van der Waals surface area contributed by atoms with E-state index in [0.717, 1.165) is 0 Å². The summed E-state index contributed by atoms with van der Waals surface area (Å²) in [6, 6.07) is 5.92. The standard InChI is InChI=1S/C25H23F2N9O2/c1-14-6-7-28-25(31-14)38-21-5-4-16(8-20(21)27)19-10-29-24(33-17-9-30-35(3)11-17)34-22(19)36-12-18(13-36)32-23(37)15(2)26/h4-11,18H,2,12-13H2,1,3H3,(H,32,37)(H,29,33,34). The first kappa shape index (κ1) is 24.7. The van der Waals surface area contributed by atoms with Crippen LogP contribution < -0.4 is 20.3 Å². The van der Waals surface area contributed by atoms with Gasteiger partial charge in [-0.3, -0.25) is 9.48 Å². The lowest BCUT2D eigenvalue weighted by atomic mass is 10.0. The third-order valence-corrected chi connectivity index (χ3v) is 5.71. The Morgan fingerprint density at radius 2 is 2.00 bits per heavy atom. The number of aromatic nitrogens is 6. The summed E-state index contributed by atoms with van der Waals surface area (Å²) in [6.07, 6.45) is 6.50. The zero-order valence-electron chi connectivity index (χ0n) is 20.5. The van der Waals surface area contributed by atoms with Gasteiger partial charge in [0.2, 0.25) is 5.95 Å². The molecule has 194 valence electrons. The molecule has 38 heavy (non-hydrogen) atoms. The second-order valence-electron chi connectivity index (χ2n) is 8.67. The molecule has 3 aromatic heterocycles. The maximum absolute atomic E-state index is 15.1. The number of aryl methyl sites for hydroxylation is 2. The van der Waals surface area contributed by atoms with Crippen molar-refractivity contribution in [3.8, 4) is 22.9 Å². The molecule has 0 spiro atoms. The van der Waals surface area contributed by atoms with Crippen LogP contribution in [0.25, 0.3) is 11.1 Å². The number of hydrogen-bond acceptors (Lipinski definition) is 9. The van der Waals surface area contributed by atoms with Crippen molar-refractivity contribution < 1.29 is 18.3 Å². The topological polar surface area (TPSA) is 123 Å². The first-order valence-electron chi connectivity index (χ1n) is 11.6. The zero-order chi connectivity index (χ0) is 26.8. The minimum atomic E-state index is -1.05. The molecule has 1 amide bonds. The molecule has 1 aromatic carbocycles. The molecular formula is C25H23F2N9O2. The highest BCUT2D eigenvalue weighted by Crippen LogP contribution is 2.35. The SMILES string of the molecule is C=C(F)C(=O)NC1CN(c2nc(Nc3cnn(C)c3)ncc2-c2ccc(Oc3nccc(C)n3)c(F)c2)C1. The Morgan fingerprint density at radius 1 is 1.18 bits per heavy atom. The number of benzene rings is 1. The van der Waals surface area contributed by atoms with Gasteiger partial charge in [0, 0.05) is 50.0 Å². The second kappa shape index (κ2) is 10.2. The molecule has 0 unspecified atom stereocenters. The van der Waals surface area contributed by atoms with Crippen molar-refractivity contribution in [2.24, 2.45) is 7.05 Å². The van der Waals surface area contributed by atoms with E-state index in [1.165, 1.54) is 18.3 Å². The lowest BCUT2D eigenvalue weighted by molar-refractivity contribution is -0.119. The van der Waals surface area contributed by atoms with Crippen LogP contribution in [-0.2, 0) is 11.8 Å². The molecule has 11 nitrogen and oxygen atoms in total. The van der Waals surface area contributed by atoms with Crippen LogP contribution in [0.15, 0.2) is 61.5 Å². The molecule has 1 aliphatic rings. The van der Waals surface area contributed by atoms with Crippen LogP contribution in [0, 0.1) is 12.7 Å². The number of halogens is 2. The number of rotatable bonds is 8. The molecule has 0 radical (unpaired) electrons. The number of anilines is 3. The maximum atomic E-state index is 15.1. The summed E-state index contributed by atoms with van der Waals surface area (Å²) >= 11 is 0. The first-order valence-corrected chi connectivity index (χ1v) is 11.6. The van der Waals surface area contributed by atoms with E-state index < -0.39 is 17.6 Å². The van der Waals surface area contributed by atoms with Gasteiger partial charge in [0.05, 0.1) is 17.9 Å². The van der Waals surface area contributed by atoms with Gasteiger partial charge < -0.3 is 20.3 Å². The van der Waals surface area contributed by atoms with Crippen molar-refractivity contribution in [2.45, 2.75) is 13.0 Å². The highest BCUT2D eigenvalue weighted by Gasteiger charge is 2.32. The molecule has 0 aliphatic carbocycles. The summed E-state index contributed by atoms with van der Waals surface area (Å²) in [6.45, 7) is 5.52. The van der Waals surface area contributed by atoms with Crippen LogP contribution in [0.4, 0.5) is 26.2 Å². The molecular weight excluding hydrogens is 496 g/mol. The van der Waals surface area contributed by atoms with E-state index in [9.17, 15) is 9.18 Å². The van der Waals surface area contributed by atoms with E-state index >= 15 is 4.39 Å². The van der Waals surface area contributed by atoms with Crippen molar-refractivity contribution >= 4 is 23.4 Å². The van der Waals surface area contributed by atoms with Crippen molar-refractivity contribution in [1.29, 1.82) is 0 Å². The summed E-state index contributed by atoms with van der Waals surface area (Å²) in [7, 11) is 1.79. The monoisotopic (exact) mass is 519 g/mol. The van der Waals surface area contributed by atoms with Crippen LogP contribution in [0.3, 0.4) is 0 Å². The zero-order valence-corrected chi connectivity index (χ0v) is 20.5. The summed E-state index contributed by atoms with van der Waals surface area (Å²) < 4.78 is 35.3. The third kappa shape index (κ3) is 5.40. The van der Waals surface area contributed by atoms with Gasteiger partial charge in [-0.2, -0.15) is 10.1 Å². The van der Waals surface area contributed by atoms with E-state index in [0.29, 0.717) is 47.4 Å². The quantitative estimate of drug-likeness (QED) is 0.337. The molecule has 4 heterocycles. The fourth-order valence-corrected chi connectivity index (χ4v) is 3.82. The molecule has 13 heteroatoms. The molecule has 5 rings (SSSR count). The summed E-state index contributed by atoms with van der Waals surface area (Å²) in [5, 5.41) is 9.76. The highest BCUT2D eigenvalue weighted by atomic mass is 19.1. The predicted octanol–water partition coefficient (Wildman–Crippen LogP) is 3.44. The Kier molecular flexibility index (Phi) is 6.64. The first-order chi connectivity index (χ1) is 18.2. The maximum Gasteiger partial charge on any atom is 0.322 e. The van der Waals surface area contributed by atoms with Gasteiger partial charge in [-0.25, -0.2) is 23.7 Å². The normalized spacial score (nSPS) is 13.1. The van der Waals surface area contributed by atoms with Gasteiger partial charge in [0.1, 0.15) is 5.82 Å². The van der Waals surface area contributed by atoms with Crippen molar-refractivity contribution in [3.05, 3.63) is 73.0 Å². The Labute approximate surface area is 216 Å². The molecule has 1 aliphatic heterocycles. The average molecular weight is 520 g/mol. The number of nitrogens with one attached hydrogen (secondary N) is 2. The number of carbonyl (C=O) groups is 1. The minimum absolute atomic E-state index is 0.0325. The molecule has 1 saturated heterocycles. The lowest BCUT2D eigenvalue weighted by Crippen LogP contribution is -2.59. The van der Waals surface area contributed by atoms with Crippen molar-refractivity contribution in [2.75, 3.05) is 23.3 Å². The van der Waals surface area contributed by atoms with Gasteiger partial charge in [-0.15, -0.1) is 0 Å². The fraction of sp³-hybridized carbons (Fsp3) is 0.200. The van der Waals surface area contributed by atoms with Gasteiger partial charge >= 0.3 is 6.01 Å². The Bertz CT molecular complexity index is 1520. The van der Waals surface area contributed by atoms with E-state index in [2.05, 4.69) is 42.2 Å². The van der Waals surface area contributed by atoms with Crippen LogP contribution in [0.2, 0.25) is 0 Å². The van der Waals surface area contributed by atoms with Gasteiger partial charge in [-0.1, -0.05) is 12.6 Å². The van der Waals surface area contributed by atoms with Crippen molar-refractivity contribution in [3.63, 3.8) is 0 Å². The fourth-order valence-electron chi connectivity index (χ4n) is 3.82. The Hall–Kier alpha value is -4.94. The molecule has 0 atom stereocenters. The average Bonchev–Trinajstić information content (AvgIpc) is 3.26. The van der Waals surface area contributed by atoms with Gasteiger partial charge in [0.15, 0.2) is 17.4 Å². The van der Waals surface area contributed by atoms with Crippen LogP contribution in [0.1, 0.15) is 5.69 Å². The number of ether oxygens (including phenoxy) is 1. The van der Waals surface area contributed by atoms with E-state index in [-0.39, 0.29) is 17.8 Å². The number of hydrogen-bond donors (Lipinski definition) is 2. The molecule has 4 aromatic rings. The predicted molar refractivity (Wildman–Crippen MR) is 135 cm³/mol. The largest absolute Gasteiger partial charge is 0.421 e. The highest BCUT2D eigenvalue weighted by molar-refractivity contribution is 5.91. The molecule has 0 saturated carbocycles. The summed E-state index contributed by atoms with van der Waals surface area (Å²) in [4.78, 5) is 30.7. The molecule has 1 fully saturated rings. The van der Waals surface area contributed by atoms with Crippen LogP contribution in [0.5, 0.6) is 11.8 Å². The van der Waals surface area contributed by atoms with Gasteiger partial charge in [-0.05, 0) is 30.7 Å². The lowest BCUT2D eigenvalue weighted by Gasteiger charge is -2.41. The number of amides is 1. The summed E-state index contributed by atoms with van der Waals surface area (Å²) in [5.74, 6) is -1.75. The second-order valence-corrected chi connectivity index (χ2v) is 8.67. The van der Waals surface area contributed by atoms with Crippen LogP contribution >= 0.6 is 0 Å². The Morgan fingerprint density at radius 3 is 2.68 bits per heavy atom. The van der Waals surface area contributed by atoms with E-state index in [4.69, 9.17) is 4.74 Å². The van der Waals surface area contributed by atoms with Gasteiger partial charge in [0.25, 0.3) is 5.91 Å². The Balaban J connectivity index is 1.42. The molecule has 2 N–H and O–H groups in total. The van der Waals surface area contributed by atoms with Crippen molar-refractivity contribution in [1.82, 2.24) is 35.0 Å². The van der Waals surface area contributed by atoms with Crippen LogP contribution in [-0.4, -0.2) is 54.8 Å². The smallest absolute Gasteiger partial charge is 0.322 e. The number of nitrogens with zero attached hydrogens (tertiary/aromatic N) is 7. The molecule has 0 bridgehead atoms.